The average Bonchev–Trinajstić information content (AvgIpc) is 2.81. The van der Waals surface area contributed by atoms with E-state index in [1.807, 2.05) is 23.1 Å². The predicted molar refractivity (Wildman–Crippen MR) is 81.9 cm³/mol. The van der Waals surface area contributed by atoms with Crippen molar-refractivity contribution in [3.8, 4) is 0 Å². The third-order valence-corrected chi connectivity index (χ3v) is 3.84. The van der Waals surface area contributed by atoms with Crippen LogP contribution in [0.4, 0.5) is 0 Å². The van der Waals surface area contributed by atoms with E-state index in [0.717, 1.165) is 26.1 Å². The van der Waals surface area contributed by atoms with Crippen LogP contribution in [0.15, 0.2) is 54.9 Å². The number of amides is 1. The summed E-state index contributed by atoms with van der Waals surface area (Å²) in [5.74, 6) is 0.0787. The van der Waals surface area contributed by atoms with Gasteiger partial charge in [-0.1, -0.05) is 30.3 Å². The minimum atomic E-state index is 0.0781. The number of nitrogens with zero attached hydrogens (tertiary/aromatic N) is 2. The fraction of sp³-hybridized carbons (Fsp3) is 0.294. The summed E-state index contributed by atoms with van der Waals surface area (Å²) in [5.41, 5.74) is 1.88. The standard InChI is InChI=1S/C17H19N3O/c21-17(15-7-10-18-11-8-15)20-12-4-9-19-13-16(20)14-5-2-1-3-6-14/h1-3,5-8,10-11,16,19H,4,9,12-13H2. The predicted octanol–water partition coefficient (Wildman–Crippen LogP) is 2.26. The van der Waals surface area contributed by atoms with Crippen LogP contribution in [0.25, 0.3) is 0 Å². The third kappa shape index (κ3) is 3.11. The zero-order chi connectivity index (χ0) is 14.5. The number of benzene rings is 1. The maximum atomic E-state index is 12.8. The van der Waals surface area contributed by atoms with Crippen molar-refractivity contribution in [2.45, 2.75) is 12.5 Å². The molecule has 1 aliphatic rings. The maximum absolute atomic E-state index is 12.8. The van der Waals surface area contributed by atoms with Crippen LogP contribution in [0.1, 0.15) is 28.4 Å². The van der Waals surface area contributed by atoms with Crippen LogP contribution in [0.3, 0.4) is 0 Å². The van der Waals surface area contributed by atoms with Gasteiger partial charge in [-0.05, 0) is 30.7 Å². The van der Waals surface area contributed by atoms with Crippen molar-refractivity contribution in [3.05, 3.63) is 66.0 Å². The molecule has 2 aromatic rings. The van der Waals surface area contributed by atoms with E-state index < -0.39 is 0 Å². The molecule has 0 aliphatic carbocycles. The van der Waals surface area contributed by atoms with Gasteiger partial charge in [-0.25, -0.2) is 0 Å². The van der Waals surface area contributed by atoms with Gasteiger partial charge in [0.2, 0.25) is 0 Å². The first-order valence-corrected chi connectivity index (χ1v) is 7.33. The molecule has 108 valence electrons. The van der Waals surface area contributed by atoms with Gasteiger partial charge in [0.15, 0.2) is 0 Å². The molecule has 0 spiro atoms. The van der Waals surface area contributed by atoms with E-state index in [-0.39, 0.29) is 11.9 Å². The van der Waals surface area contributed by atoms with E-state index in [4.69, 9.17) is 0 Å². The van der Waals surface area contributed by atoms with Gasteiger partial charge in [0.05, 0.1) is 6.04 Å². The Hall–Kier alpha value is -2.20. The second kappa shape index (κ2) is 6.50. The van der Waals surface area contributed by atoms with Crippen molar-refractivity contribution in [2.75, 3.05) is 19.6 Å². The molecule has 4 heteroatoms. The molecule has 1 unspecified atom stereocenters. The Labute approximate surface area is 124 Å². The number of aromatic nitrogens is 1. The molecular weight excluding hydrogens is 262 g/mol. The first-order valence-electron chi connectivity index (χ1n) is 7.33. The van der Waals surface area contributed by atoms with Crippen LogP contribution in [0.2, 0.25) is 0 Å². The lowest BCUT2D eigenvalue weighted by atomic mass is 10.0. The molecular formula is C17H19N3O. The highest BCUT2D eigenvalue weighted by Gasteiger charge is 2.27. The Bertz CT molecular complexity index is 585. The quantitative estimate of drug-likeness (QED) is 0.918. The van der Waals surface area contributed by atoms with Crippen LogP contribution < -0.4 is 5.32 Å². The summed E-state index contributed by atoms with van der Waals surface area (Å²) < 4.78 is 0. The molecule has 1 saturated heterocycles. The van der Waals surface area contributed by atoms with Crippen molar-refractivity contribution in [1.29, 1.82) is 0 Å². The number of hydrogen-bond donors (Lipinski definition) is 1. The number of carbonyl (C=O) groups is 1. The largest absolute Gasteiger partial charge is 0.330 e. The molecule has 3 rings (SSSR count). The van der Waals surface area contributed by atoms with E-state index in [9.17, 15) is 4.79 Å². The van der Waals surface area contributed by atoms with Gasteiger partial charge in [-0.2, -0.15) is 0 Å². The Morgan fingerprint density at radius 2 is 1.90 bits per heavy atom. The molecule has 21 heavy (non-hydrogen) atoms. The summed E-state index contributed by atoms with van der Waals surface area (Å²) in [5, 5.41) is 3.43. The highest BCUT2D eigenvalue weighted by molar-refractivity contribution is 5.94. The zero-order valence-corrected chi connectivity index (χ0v) is 11.9. The fourth-order valence-electron chi connectivity index (χ4n) is 2.76. The van der Waals surface area contributed by atoms with Crippen molar-refractivity contribution < 1.29 is 4.79 Å². The van der Waals surface area contributed by atoms with Crippen LogP contribution in [-0.4, -0.2) is 35.4 Å². The summed E-state index contributed by atoms with van der Waals surface area (Å²) in [4.78, 5) is 18.8. The normalized spacial score (nSPS) is 19.0. The molecule has 1 aromatic carbocycles. The summed E-state index contributed by atoms with van der Waals surface area (Å²) in [6.45, 7) is 2.51. The van der Waals surface area contributed by atoms with Gasteiger partial charge >= 0.3 is 0 Å². The Morgan fingerprint density at radius 1 is 1.14 bits per heavy atom. The summed E-state index contributed by atoms with van der Waals surface area (Å²) in [6.07, 6.45) is 4.31. The number of rotatable bonds is 2. The minimum absolute atomic E-state index is 0.0781. The van der Waals surface area contributed by atoms with Gasteiger partial charge in [0, 0.05) is 31.0 Å². The molecule has 1 fully saturated rings. The second-order valence-corrected chi connectivity index (χ2v) is 5.22. The van der Waals surface area contributed by atoms with Crippen LogP contribution in [-0.2, 0) is 0 Å². The molecule has 1 aromatic heterocycles. The molecule has 1 N–H and O–H groups in total. The van der Waals surface area contributed by atoms with E-state index in [1.165, 1.54) is 5.56 Å². The number of nitrogens with one attached hydrogen (secondary N) is 1. The Balaban J connectivity index is 1.91. The molecule has 1 aliphatic heterocycles. The summed E-state index contributed by atoms with van der Waals surface area (Å²) >= 11 is 0. The van der Waals surface area contributed by atoms with Crippen molar-refractivity contribution in [3.63, 3.8) is 0 Å². The lowest BCUT2D eigenvalue weighted by molar-refractivity contribution is 0.0691. The van der Waals surface area contributed by atoms with E-state index in [1.54, 1.807) is 24.5 Å². The Morgan fingerprint density at radius 3 is 2.67 bits per heavy atom. The minimum Gasteiger partial charge on any atom is -0.330 e. The number of carbonyl (C=O) groups excluding carboxylic acids is 1. The SMILES string of the molecule is O=C(c1ccncc1)N1CCCNCC1c1ccccc1. The van der Waals surface area contributed by atoms with Gasteiger partial charge in [-0.3, -0.25) is 9.78 Å². The van der Waals surface area contributed by atoms with Gasteiger partial charge in [0.1, 0.15) is 0 Å². The molecule has 4 nitrogen and oxygen atoms in total. The summed E-state index contributed by atoms with van der Waals surface area (Å²) in [6, 6.07) is 13.9. The molecule has 1 atom stereocenters. The molecule has 0 saturated carbocycles. The first-order chi connectivity index (χ1) is 10.4. The molecule has 0 bridgehead atoms. The van der Waals surface area contributed by atoms with Crippen LogP contribution in [0.5, 0.6) is 0 Å². The van der Waals surface area contributed by atoms with Gasteiger partial charge in [-0.15, -0.1) is 0 Å². The Kier molecular flexibility index (Phi) is 4.26. The third-order valence-electron chi connectivity index (χ3n) is 3.84. The smallest absolute Gasteiger partial charge is 0.254 e. The van der Waals surface area contributed by atoms with E-state index >= 15 is 0 Å². The van der Waals surface area contributed by atoms with Gasteiger partial charge < -0.3 is 10.2 Å². The van der Waals surface area contributed by atoms with Crippen molar-refractivity contribution >= 4 is 5.91 Å². The highest BCUT2D eigenvalue weighted by Crippen LogP contribution is 2.23. The monoisotopic (exact) mass is 281 g/mol. The molecule has 2 heterocycles. The van der Waals surface area contributed by atoms with Crippen molar-refractivity contribution in [2.24, 2.45) is 0 Å². The lowest BCUT2D eigenvalue weighted by Crippen LogP contribution is -2.37. The average molecular weight is 281 g/mol. The highest BCUT2D eigenvalue weighted by atomic mass is 16.2. The summed E-state index contributed by atoms with van der Waals surface area (Å²) in [7, 11) is 0. The molecule has 1 amide bonds. The van der Waals surface area contributed by atoms with Crippen molar-refractivity contribution in [1.82, 2.24) is 15.2 Å². The number of pyridine rings is 1. The second-order valence-electron chi connectivity index (χ2n) is 5.22. The zero-order valence-electron chi connectivity index (χ0n) is 11.9. The molecule has 0 radical (unpaired) electrons. The topological polar surface area (TPSA) is 45.2 Å². The number of hydrogen-bond acceptors (Lipinski definition) is 3. The van der Waals surface area contributed by atoms with E-state index in [2.05, 4.69) is 22.4 Å². The first kappa shape index (κ1) is 13.8. The van der Waals surface area contributed by atoms with E-state index in [0.29, 0.717) is 5.56 Å². The maximum Gasteiger partial charge on any atom is 0.254 e. The van der Waals surface area contributed by atoms with Crippen LogP contribution in [0, 0.1) is 0 Å². The lowest BCUT2D eigenvalue weighted by Gasteiger charge is -2.30. The fourth-order valence-corrected chi connectivity index (χ4v) is 2.76. The van der Waals surface area contributed by atoms with Crippen LogP contribution >= 0.6 is 0 Å². The van der Waals surface area contributed by atoms with Gasteiger partial charge in [0.25, 0.3) is 5.91 Å².